The molecule has 0 atom stereocenters. The minimum absolute atomic E-state index is 0.0946. The third kappa shape index (κ3) is 4.82. The molecule has 0 saturated carbocycles. The number of hydrogen-bond donors (Lipinski definition) is 0. The van der Waals surface area contributed by atoms with Crippen LogP contribution < -0.4 is 4.90 Å². The standard InChI is InChI=1S/C58H42N2/c1-57(2)49-28-16-15-27-45(49)46-37-48-47-35-39(31-33-53(47)59(56(48)38-51(46)57)43-23-11-5-12-24-43)40-32-34-55-52(36-40)58(41-19-7-3-8-20-41,42-21-9-4-10-22-42)50-29-17-18-30-54(50)60(55)44-25-13-6-14-26-44/h3-38H,1-2H3. The quantitative estimate of drug-likeness (QED) is 0.169. The Morgan fingerprint density at radius 3 is 1.58 bits per heavy atom. The highest BCUT2D eigenvalue weighted by Gasteiger charge is 2.46. The van der Waals surface area contributed by atoms with Gasteiger partial charge in [-0.2, -0.15) is 0 Å². The summed E-state index contributed by atoms with van der Waals surface area (Å²) in [5.74, 6) is 0. The zero-order chi connectivity index (χ0) is 40.0. The highest BCUT2D eigenvalue weighted by Crippen LogP contribution is 2.58. The Bertz CT molecular complexity index is 3230. The van der Waals surface area contributed by atoms with Gasteiger partial charge >= 0.3 is 0 Å². The molecule has 2 heterocycles. The predicted molar refractivity (Wildman–Crippen MR) is 250 cm³/mol. The summed E-state index contributed by atoms with van der Waals surface area (Å²) in [5.41, 5.74) is 19.3. The zero-order valence-electron chi connectivity index (χ0n) is 33.7. The van der Waals surface area contributed by atoms with Crippen LogP contribution in [-0.2, 0) is 10.8 Å². The fraction of sp³-hybridized carbons (Fsp3) is 0.0690. The molecule has 1 aliphatic carbocycles. The van der Waals surface area contributed by atoms with Gasteiger partial charge < -0.3 is 9.47 Å². The molecule has 284 valence electrons. The zero-order valence-corrected chi connectivity index (χ0v) is 33.7. The van der Waals surface area contributed by atoms with Gasteiger partial charge in [-0.05, 0) is 122 Å². The molecular weight excluding hydrogens is 725 g/mol. The molecule has 2 nitrogen and oxygen atoms in total. The van der Waals surface area contributed by atoms with E-state index in [4.69, 9.17) is 0 Å². The molecule has 60 heavy (non-hydrogen) atoms. The molecule has 2 heteroatoms. The first-order chi connectivity index (χ1) is 29.5. The molecule has 0 unspecified atom stereocenters. The summed E-state index contributed by atoms with van der Waals surface area (Å²) in [6, 6.07) is 81.0. The number of para-hydroxylation sites is 3. The summed E-state index contributed by atoms with van der Waals surface area (Å²) < 4.78 is 2.46. The van der Waals surface area contributed by atoms with Gasteiger partial charge in [0.2, 0.25) is 0 Å². The lowest BCUT2D eigenvalue weighted by Crippen LogP contribution is -2.37. The molecule has 9 aromatic carbocycles. The molecule has 1 aliphatic heterocycles. The molecule has 0 N–H and O–H groups in total. The molecule has 0 spiro atoms. The maximum absolute atomic E-state index is 2.48. The van der Waals surface area contributed by atoms with Crippen molar-refractivity contribution in [2.45, 2.75) is 24.7 Å². The summed E-state index contributed by atoms with van der Waals surface area (Å²) in [6.45, 7) is 4.74. The SMILES string of the molecule is CC1(C)c2ccccc2-c2cc3c4cc(-c5ccc6c(c5)C(c5ccccc5)(c5ccccc5)c5ccccc5N6c5ccccc5)ccc4n(-c4ccccc4)c3cc21. The highest BCUT2D eigenvalue weighted by molar-refractivity contribution is 6.13. The van der Waals surface area contributed by atoms with Crippen LogP contribution in [0.25, 0.3) is 49.7 Å². The van der Waals surface area contributed by atoms with Crippen LogP contribution in [0.4, 0.5) is 17.1 Å². The second-order valence-corrected chi connectivity index (χ2v) is 16.9. The van der Waals surface area contributed by atoms with E-state index in [1.54, 1.807) is 0 Å². The van der Waals surface area contributed by atoms with E-state index in [9.17, 15) is 0 Å². The molecule has 0 amide bonds. The van der Waals surface area contributed by atoms with Crippen molar-refractivity contribution in [3.63, 3.8) is 0 Å². The first-order valence-electron chi connectivity index (χ1n) is 21.0. The normalized spacial score (nSPS) is 14.4. The number of nitrogens with zero attached hydrogens (tertiary/aromatic N) is 2. The number of fused-ring (bicyclic) bond motifs is 8. The Morgan fingerprint density at radius 2 is 0.883 bits per heavy atom. The Kier molecular flexibility index (Phi) is 7.52. The van der Waals surface area contributed by atoms with Gasteiger partial charge in [0.25, 0.3) is 0 Å². The number of rotatable bonds is 5. The average Bonchev–Trinajstić information content (AvgIpc) is 3.75. The molecule has 0 bridgehead atoms. The van der Waals surface area contributed by atoms with E-state index >= 15 is 0 Å². The highest BCUT2D eigenvalue weighted by atomic mass is 15.2. The van der Waals surface area contributed by atoms with E-state index < -0.39 is 5.41 Å². The Balaban J connectivity index is 1.14. The van der Waals surface area contributed by atoms with Crippen LogP contribution in [0.3, 0.4) is 0 Å². The van der Waals surface area contributed by atoms with Crippen molar-refractivity contribution >= 4 is 38.9 Å². The Labute approximate surface area is 351 Å². The number of anilines is 3. The molecule has 0 radical (unpaired) electrons. The van der Waals surface area contributed by atoms with Crippen molar-refractivity contribution in [2.75, 3.05) is 4.90 Å². The third-order valence-electron chi connectivity index (χ3n) is 13.4. The number of aromatic nitrogens is 1. The maximum Gasteiger partial charge on any atom is 0.0742 e. The van der Waals surface area contributed by atoms with Crippen LogP contribution >= 0.6 is 0 Å². The van der Waals surface area contributed by atoms with Crippen molar-refractivity contribution in [1.29, 1.82) is 0 Å². The van der Waals surface area contributed by atoms with E-state index in [0.29, 0.717) is 0 Å². The van der Waals surface area contributed by atoms with Gasteiger partial charge in [-0.1, -0.05) is 166 Å². The second kappa shape index (κ2) is 13.0. The smallest absolute Gasteiger partial charge is 0.0742 e. The fourth-order valence-electron chi connectivity index (χ4n) is 10.7. The molecule has 1 aromatic heterocycles. The molecule has 0 fully saturated rings. The van der Waals surface area contributed by atoms with Crippen molar-refractivity contribution < 1.29 is 0 Å². The van der Waals surface area contributed by atoms with E-state index in [0.717, 1.165) is 5.69 Å². The monoisotopic (exact) mass is 766 g/mol. The fourth-order valence-corrected chi connectivity index (χ4v) is 10.7. The molecule has 0 saturated heterocycles. The molecule has 12 rings (SSSR count). The largest absolute Gasteiger partial charge is 0.310 e. The summed E-state index contributed by atoms with van der Waals surface area (Å²) in [5, 5.41) is 2.52. The van der Waals surface area contributed by atoms with E-state index in [1.165, 1.54) is 94.5 Å². The number of hydrogen-bond acceptors (Lipinski definition) is 1. The lowest BCUT2D eigenvalue weighted by molar-refractivity contribution is 0.661. The van der Waals surface area contributed by atoms with Crippen molar-refractivity contribution in [3.8, 4) is 27.9 Å². The van der Waals surface area contributed by atoms with Gasteiger partial charge in [0.1, 0.15) is 0 Å². The van der Waals surface area contributed by atoms with Gasteiger partial charge in [0.05, 0.1) is 27.8 Å². The van der Waals surface area contributed by atoms with Crippen LogP contribution in [0.15, 0.2) is 218 Å². The molecule has 2 aliphatic rings. The van der Waals surface area contributed by atoms with Crippen LogP contribution in [0.2, 0.25) is 0 Å². The van der Waals surface area contributed by atoms with Crippen LogP contribution in [0.5, 0.6) is 0 Å². The first kappa shape index (κ1) is 34.6. The van der Waals surface area contributed by atoms with Crippen molar-refractivity contribution in [3.05, 3.63) is 252 Å². The van der Waals surface area contributed by atoms with Gasteiger partial charge in [-0.25, -0.2) is 0 Å². The number of benzene rings is 9. The van der Waals surface area contributed by atoms with E-state index in [2.05, 4.69) is 242 Å². The van der Waals surface area contributed by atoms with Gasteiger partial charge in [-0.3, -0.25) is 0 Å². The Hall–Kier alpha value is -7.42. The summed E-state index contributed by atoms with van der Waals surface area (Å²) in [6.07, 6.45) is 0. The Morgan fingerprint density at radius 1 is 0.350 bits per heavy atom. The van der Waals surface area contributed by atoms with Crippen LogP contribution in [0.1, 0.15) is 47.2 Å². The molecule has 10 aromatic rings. The average molecular weight is 767 g/mol. The van der Waals surface area contributed by atoms with Gasteiger partial charge in [0.15, 0.2) is 0 Å². The van der Waals surface area contributed by atoms with Crippen LogP contribution in [-0.4, -0.2) is 4.57 Å². The lowest BCUT2D eigenvalue weighted by atomic mass is 9.62. The second-order valence-electron chi connectivity index (χ2n) is 16.9. The van der Waals surface area contributed by atoms with Gasteiger partial charge in [0, 0.05) is 27.6 Å². The topological polar surface area (TPSA) is 8.17 Å². The molecular formula is C58H42N2. The summed E-state index contributed by atoms with van der Waals surface area (Å²) in [7, 11) is 0. The van der Waals surface area contributed by atoms with E-state index in [1.807, 2.05) is 0 Å². The summed E-state index contributed by atoms with van der Waals surface area (Å²) >= 11 is 0. The first-order valence-corrected chi connectivity index (χ1v) is 21.0. The van der Waals surface area contributed by atoms with Crippen LogP contribution in [0, 0.1) is 0 Å². The minimum atomic E-state index is -0.579. The summed E-state index contributed by atoms with van der Waals surface area (Å²) in [4.78, 5) is 2.45. The predicted octanol–water partition coefficient (Wildman–Crippen LogP) is 14.9. The van der Waals surface area contributed by atoms with E-state index in [-0.39, 0.29) is 5.41 Å². The lowest BCUT2D eigenvalue weighted by Gasteiger charge is -2.46. The maximum atomic E-state index is 2.48. The third-order valence-corrected chi connectivity index (χ3v) is 13.4. The minimum Gasteiger partial charge on any atom is -0.310 e. The van der Waals surface area contributed by atoms with Crippen molar-refractivity contribution in [2.24, 2.45) is 0 Å². The van der Waals surface area contributed by atoms with Gasteiger partial charge in [-0.15, -0.1) is 0 Å². The van der Waals surface area contributed by atoms with Crippen molar-refractivity contribution in [1.82, 2.24) is 4.57 Å².